The van der Waals surface area contributed by atoms with E-state index in [-0.39, 0.29) is 18.2 Å². The Bertz CT molecular complexity index is 678. The zero-order valence-electron chi connectivity index (χ0n) is 16.2. The second kappa shape index (κ2) is 7.98. The maximum absolute atomic E-state index is 12.2. The van der Waals surface area contributed by atoms with Gasteiger partial charge in [-0.2, -0.15) is 0 Å². The summed E-state index contributed by atoms with van der Waals surface area (Å²) in [5.41, 5.74) is -0.499. The van der Waals surface area contributed by atoms with Gasteiger partial charge in [0.05, 0.1) is 0 Å². The molecular formula is C18H28N6O3. The van der Waals surface area contributed by atoms with Crippen molar-refractivity contribution in [1.82, 2.24) is 20.2 Å². The molecule has 0 spiro atoms. The Balaban J connectivity index is 1.52. The molecule has 2 heterocycles. The van der Waals surface area contributed by atoms with Crippen molar-refractivity contribution < 1.29 is 14.3 Å². The number of hydrogen-bond donors (Lipinski definition) is 2. The van der Waals surface area contributed by atoms with Crippen molar-refractivity contribution in [2.45, 2.75) is 51.7 Å². The molecule has 9 heteroatoms. The van der Waals surface area contributed by atoms with Gasteiger partial charge in [-0.1, -0.05) is 0 Å². The highest BCUT2D eigenvalue weighted by molar-refractivity contribution is 5.88. The van der Waals surface area contributed by atoms with Gasteiger partial charge in [0.25, 0.3) is 0 Å². The standard InChI is InChI=1S/C18H28N6O3/c1-18(2,3)27-17(26)24-9-7-23(8-10-24)15-11-14(19-12-20-15)22-16(25)21-13-5-4-6-13/h11-13H,4-10H2,1-3H3,(H2,19,20,21,22,25). The van der Waals surface area contributed by atoms with Crippen molar-refractivity contribution in [3.05, 3.63) is 12.4 Å². The van der Waals surface area contributed by atoms with Gasteiger partial charge in [-0.05, 0) is 40.0 Å². The fourth-order valence-corrected chi connectivity index (χ4v) is 2.92. The van der Waals surface area contributed by atoms with Gasteiger partial charge in [-0.3, -0.25) is 5.32 Å². The van der Waals surface area contributed by atoms with Crippen LogP contribution in [0.5, 0.6) is 0 Å². The first kappa shape index (κ1) is 19.2. The molecule has 2 N–H and O–H groups in total. The van der Waals surface area contributed by atoms with Crippen LogP contribution in [0.25, 0.3) is 0 Å². The van der Waals surface area contributed by atoms with Crippen molar-refractivity contribution in [2.75, 3.05) is 36.4 Å². The van der Waals surface area contributed by atoms with E-state index >= 15 is 0 Å². The third kappa shape index (κ3) is 5.45. The highest BCUT2D eigenvalue weighted by Crippen LogP contribution is 2.19. The lowest BCUT2D eigenvalue weighted by Gasteiger charge is -2.36. The number of carbonyl (C=O) groups excluding carboxylic acids is 2. The van der Waals surface area contributed by atoms with Crippen LogP contribution in [-0.2, 0) is 4.74 Å². The van der Waals surface area contributed by atoms with Crippen molar-refractivity contribution in [2.24, 2.45) is 0 Å². The first-order valence-corrected chi connectivity index (χ1v) is 9.42. The zero-order valence-corrected chi connectivity index (χ0v) is 16.2. The van der Waals surface area contributed by atoms with Crippen LogP contribution in [-0.4, -0.2) is 64.8 Å². The van der Waals surface area contributed by atoms with Crippen molar-refractivity contribution in [1.29, 1.82) is 0 Å². The maximum Gasteiger partial charge on any atom is 0.410 e. The number of piperazine rings is 1. The number of hydrogen-bond acceptors (Lipinski definition) is 6. The lowest BCUT2D eigenvalue weighted by molar-refractivity contribution is 0.0240. The highest BCUT2D eigenvalue weighted by Gasteiger charge is 2.26. The van der Waals surface area contributed by atoms with E-state index in [1.807, 2.05) is 20.8 Å². The SMILES string of the molecule is CC(C)(C)OC(=O)N1CCN(c2cc(NC(=O)NC3CCC3)ncn2)CC1. The molecule has 1 saturated heterocycles. The van der Waals surface area contributed by atoms with Gasteiger partial charge in [0, 0.05) is 38.3 Å². The van der Waals surface area contributed by atoms with Crippen LogP contribution in [0.15, 0.2) is 12.4 Å². The van der Waals surface area contributed by atoms with Crippen LogP contribution in [0.4, 0.5) is 21.2 Å². The fourth-order valence-electron chi connectivity index (χ4n) is 2.92. The number of carbonyl (C=O) groups is 2. The number of amides is 3. The van der Waals surface area contributed by atoms with E-state index in [2.05, 4.69) is 25.5 Å². The summed E-state index contributed by atoms with van der Waals surface area (Å²) >= 11 is 0. The molecule has 3 rings (SSSR count). The predicted molar refractivity (Wildman–Crippen MR) is 102 cm³/mol. The number of anilines is 2. The molecular weight excluding hydrogens is 348 g/mol. The topological polar surface area (TPSA) is 99.7 Å². The molecule has 1 aromatic heterocycles. The molecule has 1 aromatic rings. The van der Waals surface area contributed by atoms with Gasteiger partial charge < -0.3 is 19.9 Å². The largest absolute Gasteiger partial charge is 0.444 e. The number of ether oxygens (including phenoxy) is 1. The third-order valence-electron chi connectivity index (χ3n) is 4.59. The summed E-state index contributed by atoms with van der Waals surface area (Å²) in [6.45, 7) is 7.98. The highest BCUT2D eigenvalue weighted by atomic mass is 16.6. The molecule has 0 radical (unpaired) electrons. The van der Waals surface area contributed by atoms with E-state index in [9.17, 15) is 9.59 Å². The Morgan fingerprint density at radius 3 is 2.44 bits per heavy atom. The maximum atomic E-state index is 12.2. The number of nitrogens with one attached hydrogen (secondary N) is 2. The molecule has 9 nitrogen and oxygen atoms in total. The van der Waals surface area contributed by atoms with Gasteiger partial charge in [-0.25, -0.2) is 19.6 Å². The quantitative estimate of drug-likeness (QED) is 0.839. The Morgan fingerprint density at radius 1 is 1.15 bits per heavy atom. The number of urea groups is 1. The van der Waals surface area contributed by atoms with Gasteiger partial charge in [0.2, 0.25) is 0 Å². The van der Waals surface area contributed by atoms with Crippen molar-refractivity contribution >= 4 is 23.8 Å². The molecule has 148 valence electrons. The fraction of sp³-hybridized carbons (Fsp3) is 0.667. The van der Waals surface area contributed by atoms with Crippen molar-refractivity contribution in [3.8, 4) is 0 Å². The summed E-state index contributed by atoms with van der Waals surface area (Å²) in [4.78, 5) is 36.3. The minimum Gasteiger partial charge on any atom is -0.444 e. The normalized spacial score (nSPS) is 17.9. The number of aromatic nitrogens is 2. The third-order valence-corrected chi connectivity index (χ3v) is 4.59. The van der Waals surface area contributed by atoms with Crippen LogP contribution in [0, 0.1) is 0 Å². The number of rotatable bonds is 3. The second-order valence-electron chi connectivity index (χ2n) is 7.94. The van der Waals surface area contributed by atoms with Gasteiger partial charge in [-0.15, -0.1) is 0 Å². The van der Waals surface area contributed by atoms with E-state index in [0.29, 0.717) is 32.0 Å². The Kier molecular flexibility index (Phi) is 5.67. The molecule has 27 heavy (non-hydrogen) atoms. The summed E-state index contributed by atoms with van der Waals surface area (Å²) < 4.78 is 5.42. The average molecular weight is 376 g/mol. The first-order chi connectivity index (χ1) is 12.8. The second-order valence-corrected chi connectivity index (χ2v) is 7.94. The molecule has 0 bridgehead atoms. The smallest absolute Gasteiger partial charge is 0.410 e. The Hall–Kier alpha value is -2.58. The molecule has 1 saturated carbocycles. The predicted octanol–water partition coefficient (Wildman–Crippen LogP) is 2.21. The summed E-state index contributed by atoms with van der Waals surface area (Å²) in [7, 11) is 0. The average Bonchev–Trinajstić information content (AvgIpc) is 2.57. The van der Waals surface area contributed by atoms with Crippen LogP contribution in [0.3, 0.4) is 0 Å². The molecule has 2 fully saturated rings. The monoisotopic (exact) mass is 376 g/mol. The van der Waals surface area contributed by atoms with Crippen molar-refractivity contribution in [3.63, 3.8) is 0 Å². The summed E-state index contributed by atoms with van der Waals surface area (Å²) in [5.74, 6) is 1.19. The van der Waals surface area contributed by atoms with Gasteiger partial charge in [0.15, 0.2) is 0 Å². The van der Waals surface area contributed by atoms with Gasteiger partial charge >= 0.3 is 12.1 Å². The summed E-state index contributed by atoms with van der Waals surface area (Å²) in [6.07, 6.45) is 4.38. The van der Waals surface area contributed by atoms with Gasteiger partial charge in [0.1, 0.15) is 23.6 Å². The van der Waals surface area contributed by atoms with E-state index in [1.54, 1.807) is 11.0 Å². The molecule has 0 aromatic carbocycles. The van der Waals surface area contributed by atoms with Crippen LogP contribution < -0.4 is 15.5 Å². The number of nitrogens with zero attached hydrogens (tertiary/aromatic N) is 4. The minimum absolute atomic E-state index is 0.237. The van der Waals surface area contributed by atoms with Crippen LogP contribution >= 0.6 is 0 Å². The van der Waals surface area contributed by atoms with E-state index in [0.717, 1.165) is 25.1 Å². The van der Waals surface area contributed by atoms with Crippen LogP contribution in [0.2, 0.25) is 0 Å². The summed E-state index contributed by atoms with van der Waals surface area (Å²) in [6, 6.07) is 1.79. The lowest BCUT2D eigenvalue weighted by Crippen LogP contribution is -2.50. The van der Waals surface area contributed by atoms with E-state index in [1.165, 1.54) is 6.33 Å². The zero-order chi connectivity index (χ0) is 19.4. The lowest BCUT2D eigenvalue weighted by atomic mass is 9.93. The minimum atomic E-state index is -0.499. The Morgan fingerprint density at radius 2 is 1.85 bits per heavy atom. The first-order valence-electron chi connectivity index (χ1n) is 9.42. The molecule has 0 atom stereocenters. The summed E-state index contributed by atoms with van der Waals surface area (Å²) in [5, 5.41) is 5.68. The Labute approximate surface area is 159 Å². The molecule has 2 aliphatic rings. The van der Waals surface area contributed by atoms with E-state index < -0.39 is 5.60 Å². The molecule has 1 aliphatic carbocycles. The molecule has 0 unspecified atom stereocenters. The van der Waals surface area contributed by atoms with Crippen LogP contribution in [0.1, 0.15) is 40.0 Å². The molecule has 1 aliphatic heterocycles. The van der Waals surface area contributed by atoms with E-state index in [4.69, 9.17) is 4.74 Å². The molecule has 3 amide bonds.